The third kappa shape index (κ3) is 3.78. The number of hydrogen-bond donors (Lipinski definition) is 0. The topological polar surface area (TPSA) is 54.3 Å². The standard InChI is InChI=1S/C19H25N5OS/c1-13(2)24-16(8-9-20-24)18(25)23(11-10-22(4)5)19-21-15-7-6-14(3)12-17(15)26-19/h6-9,12-13H,10-11H2,1-5H3. The number of benzene rings is 1. The molecule has 0 unspecified atom stereocenters. The van der Waals surface area contributed by atoms with Gasteiger partial charge in [-0.1, -0.05) is 17.4 Å². The third-order valence-corrected chi connectivity index (χ3v) is 5.20. The first kappa shape index (κ1) is 18.5. The van der Waals surface area contributed by atoms with E-state index in [0.717, 1.165) is 21.9 Å². The molecule has 26 heavy (non-hydrogen) atoms. The predicted molar refractivity (Wildman–Crippen MR) is 107 cm³/mol. The molecule has 0 fully saturated rings. The first-order chi connectivity index (χ1) is 12.4. The van der Waals surface area contributed by atoms with E-state index >= 15 is 0 Å². The highest BCUT2D eigenvalue weighted by Gasteiger charge is 2.25. The summed E-state index contributed by atoms with van der Waals surface area (Å²) in [4.78, 5) is 21.9. The first-order valence-corrected chi connectivity index (χ1v) is 9.55. The Labute approximate surface area is 158 Å². The SMILES string of the molecule is Cc1ccc2nc(N(CCN(C)C)C(=O)c3ccnn3C(C)C)sc2c1. The van der Waals surface area contributed by atoms with Gasteiger partial charge in [0.1, 0.15) is 5.69 Å². The fraction of sp³-hybridized carbons (Fsp3) is 0.421. The van der Waals surface area contributed by atoms with Crippen LogP contribution >= 0.6 is 11.3 Å². The predicted octanol–water partition coefficient (Wildman–Crippen LogP) is 3.59. The molecule has 6 nitrogen and oxygen atoms in total. The van der Waals surface area contributed by atoms with Gasteiger partial charge in [-0.15, -0.1) is 0 Å². The smallest absolute Gasteiger partial charge is 0.278 e. The van der Waals surface area contributed by atoms with Crippen LogP contribution in [0.3, 0.4) is 0 Å². The molecular weight excluding hydrogens is 346 g/mol. The average molecular weight is 372 g/mol. The number of amides is 1. The number of rotatable bonds is 6. The molecule has 0 aliphatic carbocycles. The molecule has 0 atom stereocenters. The molecule has 0 aliphatic rings. The van der Waals surface area contributed by atoms with Gasteiger partial charge in [-0.25, -0.2) is 4.98 Å². The Kier molecular flexibility index (Phi) is 5.38. The van der Waals surface area contributed by atoms with Crippen LogP contribution in [0.5, 0.6) is 0 Å². The summed E-state index contributed by atoms with van der Waals surface area (Å²) in [6.45, 7) is 7.45. The van der Waals surface area contributed by atoms with Gasteiger partial charge >= 0.3 is 0 Å². The van der Waals surface area contributed by atoms with Crippen molar-refractivity contribution in [1.29, 1.82) is 0 Å². The zero-order valence-electron chi connectivity index (χ0n) is 15.9. The fourth-order valence-corrected chi connectivity index (χ4v) is 3.84. The van der Waals surface area contributed by atoms with E-state index in [1.54, 1.807) is 33.2 Å². The lowest BCUT2D eigenvalue weighted by atomic mass is 10.2. The molecule has 1 aromatic carbocycles. The van der Waals surface area contributed by atoms with Gasteiger partial charge in [-0.2, -0.15) is 5.10 Å². The molecule has 0 radical (unpaired) electrons. The number of carbonyl (C=O) groups excluding carboxylic acids is 1. The lowest BCUT2D eigenvalue weighted by Gasteiger charge is -2.22. The van der Waals surface area contributed by atoms with Crippen LogP contribution in [0.4, 0.5) is 5.13 Å². The molecule has 7 heteroatoms. The summed E-state index contributed by atoms with van der Waals surface area (Å²) in [6, 6.07) is 8.08. The summed E-state index contributed by atoms with van der Waals surface area (Å²) in [5, 5.41) is 5.03. The molecule has 0 aliphatic heterocycles. The maximum Gasteiger partial charge on any atom is 0.278 e. The Morgan fingerprint density at radius 2 is 2.00 bits per heavy atom. The van der Waals surface area contributed by atoms with E-state index in [9.17, 15) is 4.79 Å². The van der Waals surface area contributed by atoms with E-state index in [4.69, 9.17) is 4.98 Å². The zero-order chi connectivity index (χ0) is 18.8. The maximum atomic E-state index is 13.3. The van der Waals surface area contributed by atoms with Crippen LogP contribution in [0.25, 0.3) is 10.2 Å². The van der Waals surface area contributed by atoms with Crippen molar-refractivity contribution in [1.82, 2.24) is 19.7 Å². The maximum absolute atomic E-state index is 13.3. The summed E-state index contributed by atoms with van der Waals surface area (Å²) in [7, 11) is 4.01. The van der Waals surface area contributed by atoms with Crippen LogP contribution in [0.15, 0.2) is 30.5 Å². The van der Waals surface area contributed by atoms with Crippen molar-refractivity contribution in [3.8, 4) is 0 Å². The van der Waals surface area contributed by atoms with Crippen LogP contribution in [0.1, 0.15) is 35.9 Å². The molecule has 138 valence electrons. The van der Waals surface area contributed by atoms with Gasteiger partial charge in [0.15, 0.2) is 5.13 Å². The lowest BCUT2D eigenvalue weighted by Crippen LogP contribution is -2.38. The average Bonchev–Trinajstić information content (AvgIpc) is 3.20. The van der Waals surface area contributed by atoms with Crippen LogP contribution in [-0.2, 0) is 0 Å². The third-order valence-electron chi connectivity index (χ3n) is 4.16. The van der Waals surface area contributed by atoms with E-state index in [1.165, 1.54) is 5.56 Å². The molecule has 0 N–H and O–H groups in total. The molecule has 0 bridgehead atoms. The minimum absolute atomic E-state index is 0.0613. The van der Waals surface area contributed by atoms with Crippen molar-refractivity contribution in [2.75, 3.05) is 32.1 Å². The van der Waals surface area contributed by atoms with Crippen molar-refractivity contribution in [2.24, 2.45) is 0 Å². The van der Waals surface area contributed by atoms with Crippen LogP contribution in [-0.4, -0.2) is 52.8 Å². The normalized spacial score (nSPS) is 11.7. The highest BCUT2D eigenvalue weighted by atomic mass is 32.1. The van der Waals surface area contributed by atoms with E-state index in [1.807, 2.05) is 40.1 Å². The van der Waals surface area contributed by atoms with Crippen LogP contribution in [0.2, 0.25) is 0 Å². The lowest BCUT2D eigenvalue weighted by molar-refractivity contribution is 0.0973. The summed E-state index contributed by atoms with van der Waals surface area (Å²) in [5.41, 5.74) is 2.71. The number of anilines is 1. The Hall–Kier alpha value is -2.25. The molecule has 0 saturated heterocycles. The minimum atomic E-state index is -0.0613. The highest BCUT2D eigenvalue weighted by Crippen LogP contribution is 2.30. The minimum Gasteiger partial charge on any atom is -0.308 e. The van der Waals surface area contributed by atoms with E-state index in [-0.39, 0.29) is 11.9 Å². The zero-order valence-corrected chi connectivity index (χ0v) is 16.7. The number of hydrogen-bond acceptors (Lipinski definition) is 5. The second-order valence-electron chi connectivity index (χ2n) is 6.98. The molecule has 2 heterocycles. The number of nitrogens with zero attached hydrogens (tertiary/aromatic N) is 5. The summed E-state index contributed by atoms with van der Waals surface area (Å²) in [6.07, 6.45) is 1.68. The Morgan fingerprint density at radius 1 is 1.23 bits per heavy atom. The number of aromatic nitrogens is 3. The molecule has 1 amide bonds. The van der Waals surface area contributed by atoms with Gasteiger partial charge in [-0.05, 0) is 58.6 Å². The number of thiazole rings is 1. The van der Waals surface area contributed by atoms with Gasteiger partial charge in [0.2, 0.25) is 0 Å². The molecule has 2 aromatic heterocycles. The van der Waals surface area contributed by atoms with Crippen LogP contribution in [0, 0.1) is 6.92 Å². The van der Waals surface area contributed by atoms with Gasteiger partial charge in [0.05, 0.1) is 10.2 Å². The number of likely N-dealkylation sites (N-methyl/N-ethyl adjacent to an activating group) is 1. The molecule has 3 aromatic rings. The number of carbonyl (C=O) groups is 1. The van der Waals surface area contributed by atoms with Gasteiger partial charge < -0.3 is 4.90 Å². The molecule has 0 saturated carbocycles. The fourth-order valence-electron chi connectivity index (χ4n) is 2.75. The second kappa shape index (κ2) is 7.55. The Balaban J connectivity index is 2.00. The van der Waals surface area contributed by atoms with Crippen molar-refractivity contribution in [3.63, 3.8) is 0 Å². The van der Waals surface area contributed by atoms with Crippen molar-refractivity contribution < 1.29 is 4.79 Å². The van der Waals surface area contributed by atoms with Crippen LogP contribution < -0.4 is 4.90 Å². The summed E-state index contributed by atoms with van der Waals surface area (Å²) < 4.78 is 2.86. The Morgan fingerprint density at radius 3 is 2.69 bits per heavy atom. The first-order valence-electron chi connectivity index (χ1n) is 8.74. The van der Waals surface area contributed by atoms with Gasteiger partial charge in [-0.3, -0.25) is 14.4 Å². The van der Waals surface area contributed by atoms with E-state index in [0.29, 0.717) is 12.2 Å². The quantitative estimate of drug-likeness (QED) is 0.664. The highest BCUT2D eigenvalue weighted by molar-refractivity contribution is 7.22. The Bertz CT molecular complexity index is 912. The van der Waals surface area contributed by atoms with E-state index < -0.39 is 0 Å². The monoisotopic (exact) mass is 371 g/mol. The van der Waals surface area contributed by atoms with Gasteiger partial charge in [0, 0.05) is 25.3 Å². The molecule has 3 rings (SSSR count). The van der Waals surface area contributed by atoms with Crippen molar-refractivity contribution in [2.45, 2.75) is 26.8 Å². The second-order valence-corrected chi connectivity index (χ2v) is 7.99. The largest absolute Gasteiger partial charge is 0.308 e. The van der Waals surface area contributed by atoms with Crippen molar-refractivity contribution in [3.05, 3.63) is 41.7 Å². The van der Waals surface area contributed by atoms with Crippen molar-refractivity contribution >= 4 is 32.6 Å². The molecule has 0 spiro atoms. The number of aryl methyl sites for hydroxylation is 1. The number of fused-ring (bicyclic) bond motifs is 1. The molecular formula is C19H25N5OS. The summed E-state index contributed by atoms with van der Waals surface area (Å²) in [5.74, 6) is -0.0613. The van der Waals surface area contributed by atoms with E-state index in [2.05, 4.69) is 23.0 Å². The summed E-state index contributed by atoms with van der Waals surface area (Å²) >= 11 is 1.56. The van der Waals surface area contributed by atoms with Gasteiger partial charge in [0.25, 0.3) is 5.91 Å².